The third kappa shape index (κ3) is 9.48. The van der Waals surface area contributed by atoms with E-state index in [2.05, 4.69) is 0 Å². The van der Waals surface area contributed by atoms with E-state index < -0.39 is 0 Å². The van der Waals surface area contributed by atoms with E-state index >= 15 is 0 Å². The Labute approximate surface area is 294 Å². The molecule has 0 N–H and O–H groups in total. The average molecular weight is 755 g/mol. The van der Waals surface area contributed by atoms with Crippen molar-refractivity contribution >= 4 is 94.8 Å². The summed E-state index contributed by atoms with van der Waals surface area (Å²) < 4.78 is 59.5. The van der Waals surface area contributed by atoms with Crippen molar-refractivity contribution in [3.63, 3.8) is 0 Å². The van der Waals surface area contributed by atoms with E-state index in [1.807, 2.05) is 48.5 Å². The van der Waals surface area contributed by atoms with Gasteiger partial charge in [-0.1, -0.05) is 50.6 Å². The van der Waals surface area contributed by atoms with Crippen molar-refractivity contribution in [2.45, 2.75) is 23.0 Å². The molecule has 45 heavy (non-hydrogen) atoms. The Morgan fingerprint density at radius 2 is 0.556 bits per heavy atom. The lowest BCUT2D eigenvalue weighted by Gasteiger charge is -2.17. The first-order chi connectivity index (χ1) is 21.8. The first kappa shape index (κ1) is 33.7. The monoisotopic (exact) mass is 754 g/mol. The maximum atomic E-state index is 13.5. The molecule has 4 aromatic carbocycles. The maximum Gasteiger partial charge on any atom is 0.161 e. The van der Waals surface area contributed by atoms with Crippen molar-refractivity contribution in [3.05, 3.63) is 160 Å². The van der Waals surface area contributed by atoms with Crippen LogP contribution in [0.25, 0.3) is 0 Å². The van der Waals surface area contributed by atoms with Crippen molar-refractivity contribution in [2.75, 3.05) is 0 Å². The smallest absolute Gasteiger partial charge is 0.161 e. The summed E-state index contributed by atoms with van der Waals surface area (Å²) in [6.07, 6.45) is 0. The molecule has 0 fully saturated rings. The number of thioether (sulfide) groups is 4. The highest BCUT2D eigenvalue weighted by Crippen LogP contribution is 2.75. The van der Waals surface area contributed by atoms with Gasteiger partial charge in [0.05, 0.1) is 0 Å². The number of quaternary nitrogens is 1. The molecule has 1 nitrogen and oxygen atoms in total. The summed E-state index contributed by atoms with van der Waals surface area (Å²) in [6, 6.07) is 26.5. The number of benzene rings is 4. The van der Waals surface area contributed by atoms with Crippen LogP contribution in [0.3, 0.4) is 0 Å². The van der Waals surface area contributed by atoms with Crippen LogP contribution in [-0.4, -0.2) is 2.10 Å². The van der Waals surface area contributed by atoms with Gasteiger partial charge in [0.25, 0.3) is 0 Å². The number of hydrogen-bond donors (Lipinski definition) is 0. The predicted octanol–water partition coefficient (Wildman–Crippen LogP) is 13.0. The zero-order valence-corrected chi connectivity index (χ0v) is 29.8. The molecule has 232 valence electrons. The summed E-state index contributed by atoms with van der Waals surface area (Å²) in [6.45, 7) is 0. The van der Waals surface area contributed by atoms with Gasteiger partial charge in [-0.05, 0) is 70.8 Å². The van der Waals surface area contributed by atoms with Gasteiger partial charge in [-0.25, -0.2) is 17.6 Å². The minimum Gasteiger partial charge on any atom is -0.207 e. The van der Waals surface area contributed by atoms with E-state index in [0.717, 1.165) is 22.3 Å². The van der Waals surface area contributed by atoms with Crippen LogP contribution in [0.4, 0.5) is 17.6 Å². The predicted molar refractivity (Wildman–Crippen MR) is 195 cm³/mol. The Bertz CT molecular complexity index is 1430. The normalized spacial score (nSPS) is 15.9. The number of rotatable bonds is 12. The molecular weight excluding hydrogens is 731 g/mol. The van der Waals surface area contributed by atoms with E-state index in [4.69, 9.17) is 0 Å². The second-order valence-corrected chi connectivity index (χ2v) is 20.5. The van der Waals surface area contributed by atoms with E-state index in [1.165, 1.54) is 65.5 Å². The lowest BCUT2D eigenvalue weighted by molar-refractivity contribution is -0.264. The van der Waals surface area contributed by atoms with E-state index in [1.54, 1.807) is 94.8 Å². The second kappa shape index (κ2) is 15.8. The Morgan fingerprint density at radius 1 is 0.356 bits per heavy atom. The molecule has 0 aliphatic carbocycles. The number of hydrogen-bond acceptors (Lipinski definition) is 8. The van der Waals surface area contributed by atoms with Crippen LogP contribution in [-0.2, 0) is 23.0 Å². The fourth-order valence-corrected chi connectivity index (χ4v) is 17.9. The largest absolute Gasteiger partial charge is 0.207 e. The number of halogens is 4. The molecule has 0 saturated carbocycles. The highest BCUT2D eigenvalue weighted by molar-refractivity contribution is 8.45. The summed E-state index contributed by atoms with van der Waals surface area (Å²) in [5.41, 5.74) is 4.19. The molecule has 0 radical (unpaired) electrons. The summed E-state index contributed by atoms with van der Waals surface area (Å²) in [7, 11) is 0. The molecule has 2 heterocycles. The van der Waals surface area contributed by atoms with Crippen LogP contribution in [0.1, 0.15) is 22.3 Å². The molecule has 0 amide bonds. The van der Waals surface area contributed by atoms with Crippen molar-refractivity contribution in [1.29, 1.82) is 0 Å². The molecule has 0 unspecified atom stereocenters. The Balaban J connectivity index is 1.20. The minimum absolute atomic E-state index is 0.249. The lowest BCUT2D eigenvalue weighted by Crippen LogP contribution is -2.07. The zero-order valence-electron chi connectivity index (χ0n) is 23.3. The minimum atomic E-state index is -0.249. The van der Waals surface area contributed by atoms with E-state index in [9.17, 15) is 17.6 Å². The highest BCUT2D eigenvalue weighted by Gasteiger charge is 2.54. The van der Waals surface area contributed by atoms with Crippen LogP contribution in [0.5, 0.6) is 0 Å². The summed E-state index contributed by atoms with van der Waals surface area (Å²) in [5, 5.41) is 0. The fourth-order valence-electron chi connectivity index (χ4n) is 3.93. The van der Waals surface area contributed by atoms with Crippen molar-refractivity contribution < 1.29 is 19.7 Å². The van der Waals surface area contributed by atoms with Gasteiger partial charge in [-0.3, -0.25) is 0 Å². The molecule has 2 aliphatic rings. The fraction of sp³-hybridized carbons (Fsp3) is 0.125. The molecule has 6 rings (SSSR count). The van der Waals surface area contributed by atoms with Crippen molar-refractivity contribution in [3.8, 4) is 0 Å². The maximum absolute atomic E-state index is 13.5. The molecule has 1 spiro atoms. The van der Waals surface area contributed by atoms with Crippen molar-refractivity contribution in [2.24, 2.45) is 0 Å². The third-order valence-electron chi connectivity index (χ3n) is 6.24. The molecule has 0 bridgehead atoms. The van der Waals surface area contributed by atoms with Crippen LogP contribution in [0.15, 0.2) is 114 Å². The van der Waals surface area contributed by atoms with Gasteiger partial charge in [0.1, 0.15) is 40.2 Å². The van der Waals surface area contributed by atoms with Gasteiger partial charge >= 0.3 is 0 Å². The molecule has 4 aromatic rings. The Kier molecular flexibility index (Phi) is 11.9. The topological polar surface area (TPSA) is 0 Å². The second-order valence-electron chi connectivity index (χ2n) is 9.62. The molecule has 2 aliphatic heterocycles. The first-order valence-corrected chi connectivity index (χ1v) is 20.5. The zero-order chi connectivity index (χ0) is 31.2. The molecule has 0 atom stereocenters. The Morgan fingerprint density at radius 3 is 0.756 bits per heavy atom. The summed E-state index contributed by atoms with van der Waals surface area (Å²) in [4.78, 5) is 0. The van der Waals surface area contributed by atoms with Gasteiger partial charge in [-0.15, -0.1) is 47.0 Å². The quantitative estimate of drug-likeness (QED) is 0.0786. The Hall–Kier alpha value is -1.16. The molecule has 13 heteroatoms. The third-order valence-corrected chi connectivity index (χ3v) is 18.4. The standard InChI is InChI=1S/C32H24F4NS8/c33-25-9-1-21(2-10-25)17-38-29-30(39-18-22-3-11-26(34)12-4-22)43-37(42-29)44-31(40-19-23-5-13-27(35)14-6-23)32(45-37)41-20-24-7-15-28(36)16-8-24/h1-16H,17-20H2/q+1. The highest BCUT2D eigenvalue weighted by atomic mass is 32.4. The first-order valence-electron chi connectivity index (χ1n) is 13.5. The molecule has 0 saturated heterocycles. The van der Waals surface area contributed by atoms with Gasteiger partial charge in [0.2, 0.25) is 0 Å². The lowest BCUT2D eigenvalue weighted by atomic mass is 10.2. The average Bonchev–Trinajstić information content (AvgIpc) is 3.57. The van der Waals surface area contributed by atoms with Gasteiger partial charge in [-0.2, -0.15) is 0 Å². The molecule has 0 aromatic heterocycles. The van der Waals surface area contributed by atoms with E-state index in [0.29, 0.717) is 25.1 Å². The SMILES string of the molecule is Fc1ccc(CSC2=C(SCc3ccc(F)cc3)S[N+]3(S2)SC(SCc2ccc(F)cc2)=C(SCc2ccc(F)cc2)S3)cc1. The summed E-state index contributed by atoms with van der Waals surface area (Å²) in [5.74, 6) is 1.86. The van der Waals surface area contributed by atoms with Gasteiger partial charge < -0.3 is 0 Å². The molecular formula is C32H24F4NS8+. The van der Waals surface area contributed by atoms with Gasteiger partial charge in [0.15, 0.2) is 47.8 Å². The van der Waals surface area contributed by atoms with Crippen LogP contribution >= 0.6 is 94.8 Å². The van der Waals surface area contributed by atoms with Crippen LogP contribution < -0.4 is 0 Å². The van der Waals surface area contributed by atoms with Crippen molar-refractivity contribution in [1.82, 2.24) is 0 Å². The van der Waals surface area contributed by atoms with E-state index in [-0.39, 0.29) is 23.3 Å². The number of nitrogens with zero attached hydrogens (tertiary/aromatic N) is 1. The summed E-state index contributed by atoms with van der Waals surface area (Å²) >= 11 is 14.2. The van der Waals surface area contributed by atoms with Crippen LogP contribution in [0.2, 0.25) is 0 Å². The van der Waals surface area contributed by atoms with Gasteiger partial charge in [0, 0.05) is 23.0 Å². The van der Waals surface area contributed by atoms with Crippen LogP contribution in [0, 0.1) is 23.3 Å².